The molecule has 0 aliphatic heterocycles. The van der Waals surface area contributed by atoms with E-state index in [1.165, 1.54) is 6.20 Å². The lowest BCUT2D eigenvalue weighted by molar-refractivity contribution is -0.0737. The van der Waals surface area contributed by atoms with Gasteiger partial charge in [0.2, 0.25) is 0 Å². The summed E-state index contributed by atoms with van der Waals surface area (Å²) in [6.07, 6.45) is 4.56. The number of rotatable bonds is 8. The number of hydrogen-bond acceptors (Lipinski definition) is 3. The highest BCUT2D eigenvalue weighted by atomic mass is 19.1. The minimum atomic E-state index is -0.382. The van der Waals surface area contributed by atoms with Gasteiger partial charge in [-0.25, -0.2) is 4.39 Å². The molecule has 0 bridgehead atoms. The number of halogens is 1. The number of pyridine rings is 1. The van der Waals surface area contributed by atoms with Crippen LogP contribution in [0.3, 0.4) is 0 Å². The van der Waals surface area contributed by atoms with Gasteiger partial charge in [-0.1, -0.05) is 20.8 Å². The summed E-state index contributed by atoms with van der Waals surface area (Å²) >= 11 is 0. The Labute approximate surface area is 115 Å². The van der Waals surface area contributed by atoms with Gasteiger partial charge in [0.15, 0.2) is 0 Å². The molecule has 1 aromatic rings. The van der Waals surface area contributed by atoms with Crippen molar-refractivity contribution in [2.24, 2.45) is 0 Å². The van der Waals surface area contributed by atoms with Crippen molar-refractivity contribution < 1.29 is 9.13 Å². The van der Waals surface area contributed by atoms with E-state index in [9.17, 15) is 4.39 Å². The molecule has 0 aliphatic rings. The van der Waals surface area contributed by atoms with Crippen LogP contribution in [-0.2, 0) is 4.74 Å². The summed E-state index contributed by atoms with van der Waals surface area (Å²) in [5.74, 6) is -0.278. The second kappa shape index (κ2) is 7.56. The maximum absolute atomic E-state index is 14.0. The normalized spacial score (nSPS) is 13.5. The molecule has 1 unspecified atom stereocenters. The second-order valence-electron chi connectivity index (χ2n) is 4.59. The van der Waals surface area contributed by atoms with E-state index in [1.807, 2.05) is 13.8 Å². The Hall–Kier alpha value is -1.00. The summed E-state index contributed by atoms with van der Waals surface area (Å²) in [6, 6.07) is 1.58. The number of nitrogens with one attached hydrogen (secondary N) is 1. The molecule has 1 N–H and O–H groups in total. The molecular formula is C15H25FN2O. The first kappa shape index (κ1) is 16.1. The maximum Gasteiger partial charge on any atom is 0.146 e. The molecule has 0 aliphatic carbocycles. The highest BCUT2D eigenvalue weighted by Crippen LogP contribution is 2.36. The van der Waals surface area contributed by atoms with Crippen LogP contribution in [-0.4, -0.2) is 23.7 Å². The van der Waals surface area contributed by atoms with E-state index in [2.05, 4.69) is 24.1 Å². The standard InChI is InChI=1S/C15H25FN2O/c1-5-15(6-2,19-8-4)14(18-7-3)12-9-10-17-11-13(12)16/h9-11,14,18H,5-8H2,1-4H3. The van der Waals surface area contributed by atoms with E-state index in [-0.39, 0.29) is 17.5 Å². The van der Waals surface area contributed by atoms with Gasteiger partial charge < -0.3 is 10.1 Å². The van der Waals surface area contributed by atoms with Gasteiger partial charge in [-0.2, -0.15) is 0 Å². The Morgan fingerprint density at radius 2 is 2.00 bits per heavy atom. The highest BCUT2D eigenvalue weighted by molar-refractivity contribution is 5.21. The van der Waals surface area contributed by atoms with Crippen molar-refractivity contribution in [2.75, 3.05) is 13.2 Å². The molecule has 19 heavy (non-hydrogen) atoms. The van der Waals surface area contributed by atoms with Gasteiger partial charge >= 0.3 is 0 Å². The molecule has 0 spiro atoms. The van der Waals surface area contributed by atoms with Gasteiger partial charge in [0.05, 0.1) is 17.8 Å². The molecule has 1 aromatic heterocycles. The first-order chi connectivity index (χ1) is 9.15. The molecule has 108 valence electrons. The molecular weight excluding hydrogens is 243 g/mol. The average Bonchev–Trinajstić information content (AvgIpc) is 2.44. The molecule has 0 fully saturated rings. The summed E-state index contributed by atoms with van der Waals surface area (Å²) in [5.41, 5.74) is 0.251. The largest absolute Gasteiger partial charge is 0.373 e. The molecule has 1 rings (SSSR count). The molecule has 4 heteroatoms. The SMILES string of the molecule is CCNC(c1ccncc1F)C(CC)(CC)OCC. The number of aromatic nitrogens is 1. The monoisotopic (exact) mass is 268 g/mol. The number of likely N-dealkylation sites (N-methyl/N-ethyl adjacent to an activating group) is 1. The summed E-state index contributed by atoms with van der Waals surface area (Å²) in [4.78, 5) is 3.82. The van der Waals surface area contributed by atoms with Crippen LogP contribution in [0.4, 0.5) is 4.39 Å². The zero-order chi connectivity index (χ0) is 14.3. The van der Waals surface area contributed by atoms with Crippen molar-refractivity contribution in [1.29, 1.82) is 0 Å². The number of ether oxygens (including phenoxy) is 1. The summed E-state index contributed by atoms with van der Waals surface area (Å²) in [5, 5.41) is 3.37. The van der Waals surface area contributed by atoms with Crippen molar-refractivity contribution in [3.05, 3.63) is 29.8 Å². The van der Waals surface area contributed by atoms with Crippen LogP contribution < -0.4 is 5.32 Å². The lowest BCUT2D eigenvalue weighted by atomic mass is 9.83. The fourth-order valence-corrected chi connectivity index (χ4v) is 2.64. The van der Waals surface area contributed by atoms with Gasteiger partial charge in [-0.3, -0.25) is 4.98 Å². The Morgan fingerprint density at radius 3 is 2.47 bits per heavy atom. The van der Waals surface area contributed by atoms with Crippen LogP contribution in [0, 0.1) is 5.82 Å². The molecule has 0 amide bonds. The zero-order valence-electron chi connectivity index (χ0n) is 12.4. The minimum Gasteiger partial charge on any atom is -0.373 e. The van der Waals surface area contributed by atoms with Crippen LogP contribution in [0.25, 0.3) is 0 Å². The van der Waals surface area contributed by atoms with Crippen molar-refractivity contribution in [3.8, 4) is 0 Å². The molecule has 0 saturated carbocycles. The maximum atomic E-state index is 14.0. The Bertz CT molecular complexity index is 380. The topological polar surface area (TPSA) is 34.2 Å². The predicted octanol–water partition coefficient (Wildman–Crippen LogP) is 3.47. The van der Waals surface area contributed by atoms with Gasteiger partial charge in [0, 0.05) is 18.4 Å². The van der Waals surface area contributed by atoms with Crippen molar-refractivity contribution in [3.63, 3.8) is 0 Å². The van der Waals surface area contributed by atoms with E-state index in [4.69, 9.17) is 4.74 Å². The van der Waals surface area contributed by atoms with Gasteiger partial charge in [0.25, 0.3) is 0 Å². The second-order valence-corrected chi connectivity index (χ2v) is 4.59. The summed E-state index contributed by atoms with van der Waals surface area (Å²) in [6.45, 7) is 9.56. The van der Waals surface area contributed by atoms with E-state index in [0.29, 0.717) is 12.2 Å². The first-order valence-electron chi connectivity index (χ1n) is 7.11. The predicted molar refractivity (Wildman–Crippen MR) is 75.6 cm³/mol. The van der Waals surface area contributed by atoms with Gasteiger partial charge in [-0.05, 0) is 32.4 Å². The Kier molecular flexibility index (Phi) is 6.38. The van der Waals surface area contributed by atoms with Gasteiger partial charge in [0.1, 0.15) is 5.82 Å². The third kappa shape index (κ3) is 3.51. The smallest absolute Gasteiger partial charge is 0.146 e. The van der Waals surface area contributed by atoms with Crippen molar-refractivity contribution >= 4 is 0 Å². The lowest BCUT2D eigenvalue weighted by Gasteiger charge is -2.40. The Morgan fingerprint density at radius 1 is 1.32 bits per heavy atom. The molecule has 3 nitrogen and oxygen atoms in total. The zero-order valence-corrected chi connectivity index (χ0v) is 12.4. The third-order valence-corrected chi connectivity index (χ3v) is 3.68. The summed E-state index contributed by atoms with van der Waals surface area (Å²) < 4.78 is 20.1. The van der Waals surface area contributed by atoms with Crippen molar-refractivity contribution in [1.82, 2.24) is 10.3 Å². The van der Waals surface area contributed by atoms with E-state index >= 15 is 0 Å². The van der Waals surface area contributed by atoms with Crippen LogP contribution in [0.1, 0.15) is 52.1 Å². The molecule has 1 heterocycles. The van der Waals surface area contributed by atoms with Crippen molar-refractivity contribution in [2.45, 2.75) is 52.2 Å². The van der Waals surface area contributed by atoms with Crippen LogP contribution >= 0.6 is 0 Å². The molecule has 0 aromatic carbocycles. The third-order valence-electron chi connectivity index (χ3n) is 3.68. The van der Waals surface area contributed by atoms with E-state index in [0.717, 1.165) is 19.4 Å². The molecule has 0 saturated heterocycles. The van der Waals surface area contributed by atoms with E-state index < -0.39 is 0 Å². The lowest BCUT2D eigenvalue weighted by Crippen LogP contribution is -2.46. The van der Waals surface area contributed by atoms with Crippen LogP contribution in [0.5, 0.6) is 0 Å². The molecule has 0 radical (unpaired) electrons. The highest BCUT2D eigenvalue weighted by Gasteiger charge is 2.38. The van der Waals surface area contributed by atoms with Crippen LogP contribution in [0.2, 0.25) is 0 Å². The van der Waals surface area contributed by atoms with E-state index in [1.54, 1.807) is 12.3 Å². The number of hydrogen-bond donors (Lipinski definition) is 1. The van der Waals surface area contributed by atoms with Gasteiger partial charge in [-0.15, -0.1) is 0 Å². The fraction of sp³-hybridized carbons (Fsp3) is 0.667. The fourth-order valence-electron chi connectivity index (χ4n) is 2.64. The molecule has 1 atom stereocenters. The Balaban J connectivity index is 3.20. The first-order valence-corrected chi connectivity index (χ1v) is 7.11. The summed E-state index contributed by atoms with van der Waals surface area (Å²) in [7, 11) is 0. The quantitative estimate of drug-likeness (QED) is 0.784. The average molecular weight is 268 g/mol. The van der Waals surface area contributed by atoms with Crippen LogP contribution in [0.15, 0.2) is 18.5 Å². The number of nitrogens with zero attached hydrogens (tertiary/aromatic N) is 1. The minimum absolute atomic E-state index is 0.157.